The van der Waals surface area contributed by atoms with Crippen LogP contribution in [0.15, 0.2) is 42.6 Å². The summed E-state index contributed by atoms with van der Waals surface area (Å²) in [4.78, 5) is 42.8. The second-order valence-corrected chi connectivity index (χ2v) is 13.2. The Hall–Kier alpha value is -4.40. The van der Waals surface area contributed by atoms with E-state index in [9.17, 15) is 14.4 Å². The molecule has 2 aromatic carbocycles. The number of aromatic amines is 1. The van der Waals surface area contributed by atoms with Crippen LogP contribution in [0, 0.1) is 26.7 Å². The number of H-pyrrole nitrogens is 1. The molecule has 3 aliphatic heterocycles. The Kier molecular flexibility index (Phi) is 14.5. The smallest absolute Gasteiger partial charge is 0.322 e. The van der Waals surface area contributed by atoms with Gasteiger partial charge >= 0.3 is 6.03 Å². The van der Waals surface area contributed by atoms with Crippen molar-refractivity contribution in [3.05, 3.63) is 59.3 Å². The molecule has 4 aliphatic rings. The maximum Gasteiger partial charge on any atom is 0.322 e. The van der Waals surface area contributed by atoms with Crippen LogP contribution >= 0.6 is 0 Å². The molecule has 0 atom stereocenters. The van der Waals surface area contributed by atoms with Gasteiger partial charge in [-0.15, -0.1) is 12.8 Å². The topological polar surface area (TPSA) is 117 Å². The van der Waals surface area contributed by atoms with Gasteiger partial charge in [-0.1, -0.05) is 49.1 Å². The van der Waals surface area contributed by atoms with Crippen molar-refractivity contribution < 1.29 is 14.4 Å². The van der Waals surface area contributed by atoms with Gasteiger partial charge in [0, 0.05) is 69.0 Å². The number of urea groups is 1. The van der Waals surface area contributed by atoms with E-state index in [0.717, 1.165) is 81.3 Å². The molecule has 1 aromatic heterocycles. The average Bonchev–Trinajstić information content (AvgIpc) is 3.63. The Morgan fingerprint density at radius 2 is 1.65 bits per heavy atom. The molecular weight excluding hydrogens is 616 g/mol. The number of piperidine rings is 1. The van der Waals surface area contributed by atoms with E-state index in [-0.39, 0.29) is 18.0 Å². The molecule has 0 radical (unpaired) electrons. The number of likely N-dealkylation sites (tertiary alicyclic amines) is 1. The zero-order valence-electron chi connectivity index (χ0n) is 29.5. The van der Waals surface area contributed by atoms with E-state index in [4.69, 9.17) is 0 Å². The number of hydrogen-bond donors (Lipinski definition) is 3. The number of aromatic nitrogens is 2. The van der Waals surface area contributed by atoms with Gasteiger partial charge in [0.15, 0.2) is 0 Å². The molecule has 3 aromatic rings. The van der Waals surface area contributed by atoms with E-state index >= 15 is 0 Å². The fourth-order valence-electron chi connectivity index (χ4n) is 7.29. The summed E-state index contributed by atoms with van der Waals surface area (Å²) in [6, 6.07) is 13.2. The third-order valence-corrected chi connectivity index (χ3v) is 9.93. The monoisotopic (exact) mass is 670 g/mol. The third kappa shape index (κ3) is 10.3. The minimum atomic E-state index is -0.0248. The Labute approximate surface area is 291 Å². The van der Waals surface area contributed by atoms with E-state index in [2.05, 4.69) is 64.6 Å². The summed E-state index contributed by atoms with van der Waals surface area (Å²) in [7, 11) is 1.83. The van der Waals surface area contributed by atoms with Gasteiger partial charge in [0.1, 0.15) is 0 Å². The molecule has 0 spiro atoms. The first-order valence-corrected chi connectivity index (χ1v) is 17.6. The van der Waals surface area contributed by atoms with Gasteiger partial charge in [-0.2, -0.15) is 5.10 Å². The van der Waals surface area contributed by atoms with E-state index < -0.39 is 0 Å². The van der Waals surface area contributed by atoms with E-state index in [1.807, 2.05) is 47.3 Å². The highest BCUT2D eigenvalue weighted by Gasteiger charge is 2.31. The van der Waals surface area contributed by atoms with Crippen molar-refractivity contribution >= 4 is 34.9 Å². The molecule has 0 unspecified atom stereocenters. The van der Waals surface area contributed by atoms with Crippen LogP contribution in [0.2, 0.25) is 0 Å². The van der Waals surface area contributed by atoms with Gasteiger partial charge < -0.3 is 25.3 Å². The molecule has 3 N–H and O–H groups in total. The fourth-order valence-corrected chi connectivity index (χ4v) is 7.29. The number of likely N-dealkylation sites (N-methyl/N-ethyl adjacent to an activating group) is 1. The number of para-hydroxylation sites is 1. The number of rotatable bonds is 5. The lowest BCUT2D eigenvalue weighted by molar-refractivity contribution is -0.132. The summed E-state index contributed by atoms with van der Waals surface area (Å²) < 4.78 is 0. The molecule has 1 aliphatic carbocycles. The number of benzene rings is 2. The standard InChI is InChI=1S/C14H17N3O2.C13H25N3O.C9H10N2.C2H2/c18-10-16-7-5-12(6-8-16)17-9-11-3-1-2-4-13(11)15-14(17)19;1-14-11-13(17)16-9-7-15(8-10-16)12-5-3-2-4-6-12;1-6-3-7(2)9-8(4-6)5-10-11-9;1-2/h1-4,10,12H,5-9H2,(H,15,19);12,14H,2-11H2,1H3;3-5H,1-2H3,(H,10,11);1-2H. The number of nitrogens with zero attached hydrogens (tertiary/aromatic N) is 5. The molecule has 11 heteroatoms. The van der Waals surface area contributed by atoms with Gasteiger partial charge in [-0.05, 0) is 69.8 Å². The Morgan fingerprint density at radius 1 is 0.959 bits per heavy atom. The fraction of sp³-hybridized carbons (Fsp3) is 0.526. The van der Waals surface area contributed by atoms with Crippen LogP contribution in [-0.4, -0.2) is 113 Å². The number of nitrogens with one attached hydrogen (secondary N) is 3. The zero-order chi connectivity index (χ0) is 35.2. The van der Waals surface area contributed by atoms with Crippen LogP contribution in [0.4, 0.5) is 10.5 Å². The molecule has 3 fully saturated rings. The molecule has 4 heterocycles. The highest BCUT2D eigenvalue weighted by molar-refractivity contribution is 5.92. The summed E-state index contributed by atoms with van der Waals surface area (Å²) in [5.74, 6) is 0.246. The van der Waals surface area contributed by atoms with Gasteiger partial charge in [-0.3, -0.25) is 19.6 Å². The molecule has 2 saturated heterocycles. The average molecular weight is 671 g/mol. The lowest BCUT2D eigenvalue weighted by Crippen LogP contribution is -2.53. The number of fused-ring (bicyclic) bond motifs is 2. The van der Waals surface area contributed by atoms with Crippen LogP contribution < -0.4 is 10.6 Å². The first-order chi connectivity index (χ1) is 23.9. The summed E-state index contributed by atoms with van der Waals surface area (Å²) in [5, 5.41) is 14.0. The van der Waals surface area contributed by atoms with Crippen molar-refractivity contribution in [3.63, 3.8) is 0 Å². The highest BCUT2D eigenvalue weighted by Crippen LogP contribution is 2.27. The molecule has 0 bridgehead atoms. The van der Waals surface area contributed by atoms with Gasteiger partial charge in [0.2, 0.25) is 12.3 Å². The molecule has 4 amide bonds. The summed E-state index contributed by atoms with van der Waals surface area (Å²) in [6.45, 7) is 10.8. The zero-order valence-corrected chi connectivity index (χ0v) is 29.5. The number of amides is 4. The van der Waals surface area contributed by atoms with Crippen molar-refractivity contribution in [2.75, 3.05) is 58.2 Å². The second kappa shape index (κ2) is 19.0. The van der Waals surface area contributed by atoms with Gasteiger partial charge in [0.05, 0.1) is 18.3 Å². The normalized spacial score (nSPS) is 18.5. The lowest BCUT2D eigenvalue weighted by Gasteiger charge is -2.40. The minimum absolute atomic E-state index is 0.0248. The molecule has 49 heavy (non-hydrogen) atoms. The van der Waals surface area contributed by atoms with E-state index in [1.165, 1.54) is 48.6 Å². The Bertz CT molecular complexity index is 1520. The number of anilines is 1. The lowest BCUT2D eigenvalue weighted by atomic mass is 9.94. The first kappa shape index (κ1) is 37.4. The maximum atomic E-state index is 12.1. The predicted octanol–water partition coefficient (Wildman–Crippen LogP) is 4.77. The number of carbonyl (C=O) groups excluding carboxylic acids is 3. The molecular formula is C38H54N8O3. The second-order valence-electron chi connectivity index (χ2n) is 13.2. The number of piperazine rings is 1. The van der Waals surface area contributed by atoms with Crippen LogP contribution in [-0.2, 0) is 16.1 Å². The van der Waals surface area contributed by atoms with Crippen molar-refractivity contribution in [1.82, 2.24) is 35.1 Å². The first-order valence-electron chi connectivity index (χ1n) is 17.6. The van der Waals surface area contributed by atoms with Crippen molar-refractivity contribution in [1.29, 1.82) is 0 Å². The maximum absolute atomic E-state index is 12.1. The highest BCUT2D eigenvalue weighted by atomic mass is 16.2. The van der Waals surface area contributed by atoms with Gasteiger partial charge in [0.25, 0.3) is 0 Å². The largest absolute Gasteiger partial charge is 0.345 e. The predicted molar refractivity (Wildman–Crippen MR) is 196 cm³/mol. The number of aryl methyl sites for hydroxylation is 2. The summed E-state index contributed by atoms with van der Waals surface area (Å²) >= 11 is 0. The Balaban J connectivity index is 0.000000166. The molecule has 264 valence electrons. The van der Waals surface area contributed by atoms with Crippen molar-refractivity contribution in [2.24, 2.45) is 0 Å². The quantitative estimate of drug-likeness (QED) is 0.266. The van der Waals surface area contributed by atoms with Crippen LogP contribution in [0.5, 0.6) is 0 Å². The number of terminal acetylenes is 1. The van der Waals surface area contributed by atoms with E-state index in [0.29, 0.717) is 13.1 Å². The van der Waals surface area contributed by atoms with Crippen LogP contribution in [0.3, 0.4) is 0 Å². The molecule has 7 rings (SSSR count). The van der Waals surface area contributed by atoms with Crippen molar-refractivity contribution in [2.45, 2.75) is 77.4 Å². The van der Waals surface area contributed by atoms with Gasteiger partial charge in [-0.25, -0.2) is 4.79 Å². The number of hydrogen-bond acceptors (Lipinski definition) is 6. The number of carbonyl (C=O) groups is 3. The molecule has 11 nitrogen and oxygen atoms in total. The Morgan fingerprint density at radius 3 is 2.33 bits per heavy atom. The summed E-state index contributed by atoms with van der Waals surface area (Å²) in [6.07, 6.45) is 19.4. The van der Waals surface area contributed by atoms with Crippen LogP contribution in [0.25, 0.3) is 10.9 Å². The van der Waals surface area contributed by atoms with Crippen LogP contribution in [0.1, 0.15) is 61.6 Å². The minimum Gasteiger partial charge on any atom is -0.345 e. The van der Waals surface area contributed by atoms with Crippen molar-refractivity contribution in [3.8, 4) is 12.8 Å². The van der Waals surface area contributed by atoms with E-state index in [1.54, 1.807) is 4.90 Å². The molecule has 1 saturated carbocycles. The SMILES string of the molecule is C#C.CNCC(=O)N1CCN(C2CCCCC2)CC1.Cc1cc(C)c2[nH]ncc2c1.O=CN1CCC(N2Cc3ccccc3NC2=O)CC1. The third-order valence-electron chi connectivity index (χ3n) is 9.93. The summed E-state index contributed by atoms with van der Waals surface area (Å²) in [5.41, 5.74) is 5.76.